The minimum Gasteiger partial charge on any atom is -0.342 e. The van der Waals surface area contributed by atoms with Gasteiger partial charge in [-0.2, -0.15) is 0 Å². The molecule has 2 aliphatic heterocycles. The third kappa shape index (κ3) is 6.79. The fourth-order valence-corrected chi connectivity index (χ4v) is 5.91. The molecular formula is C26H34FN3O3S. The van der Waals surface area contributed by atoms with Crippen molar-refractivity contribution in [2.24, 2.45) is 5.92 Å². The van der Waals surface area contributed by atoms with E-state index in [1.165, 1.54) is 50.9 Å². The maximum atomic E-state index is 13.1. The molecule has 34 heavy (non-hydrogen) atoms. The van der Waals surface area contributed by atoms with E-state index in [0.29, 0.717) is 18.0 Å². The number of hydrogen-bond donors (Lipinski definition) is 1. The molecule has 0 spiro atoms. The van der Waals surface area contributed by atoms with Gasteiger partial charge in [0.2, 0.25) is 5.91 Å². The highest BCUT2D eigenvalue weighted by molar-refractivity contribution is 7.92. The van der Waals surface area contributed by atoms with Crippen LogP contribution in [-0.4, -0.2) is 56.8 Å². The van der Waals surface area contributed by atoms with Gasteiger partial charge in [0.25, 0.3) is 10.0 Å². The van der Waals surface area contributed by atoms with Crippen LogP contribution in [0.2, 0.25) is 0 Å². The Balaban J connectivity index is 1.25. The summed E-state index contributed by atoms with van der Waals surface area (Å²) in [7, 11) is -3.80. The topological polar surface area (TPSA) is 69.7 Å². The molecule has 2 heterocycles. The van der Waals surface area contributed by atoms with Crippen molar-refractivity contribution in [2.75, 3.05) is 37.4 Å². The second kappa shape index (κ2) is 11.3. The molecule has 0 bridgehead atoms. The first-order chi connectivity index (χ1) is 16.4. The van der Waals surface area contributed by atoms with Crippen LogP contribution in [0.5, 0.6) is 0 Å². The number of rotatable bonds is 7. The number of piperidine rings is 1. The Morgan fingerprint density at radius 3 is 2.12 bits per heavy atom. The third-order valence-electron chi connectivity index (χ3n) is 6.87. The van der Waals surface area contributed by atoms with Crippen LogP contribution in [-0.2, 0) is 21.2 Å². The lowest BCUT2D eigenvalue weighted by Gasteiger charge is -2.34. The molecule has 8 heteroatoms. The molecule has 2 fully saturated rings. The third-order valence-corrected chi connectivity index (χ3v) is 8.26. The summed E-state index contributed by atoms with van der Waals surface area (Å²) < 4.78 is 40.5. The monoisotopic (exact) mass is 487 g/mol. The number of anilines is 1. The average molecular weight is 488 g/mol. The molecule has 0 radical (unpaired) electrons. The van der Waals surface area contributed by atoms with Crippen molar-refractivity contribution >= 4 is 21.6 Å². The Hall–Kier alpha value is -2.45. The van der Waals surface area contributed by atoms with Crippen molar-refractivity contribution in [2.45, 2.75) is 49.8 Å². The highest BCUT2D eigenvalue weighted by Crippen LogP contribution is 2.22. The number of likely N-dealkylation sites (tertiary alicyclic amines) is 2. The molecule has 2 aromatic rings. The van der Waals surface area contributed by atoms with Gasteiger partial charge in [0.1, 0.15) is 5.82 Å². The van der Waals surface area contributed by atoms with Crippen LogP contribution < -0.4 is 4.72 Å². The quantitative estimate of drug-likeness (QED) is 0.633. The predicted molar refractivity (Wildman–Crippen MR) is 132 cm³/mol. The largest absolute Gasteiger partial charge is 0.342 e. The lowest BCUT2D eigenvalue weighted by molar-refractivity contribution is -0.131. The Bertz CT molecular complexity index is 1040. The van der Waals surface area contributed by atoms with Crippen molar-refractivity contribution in [3.8, 4) is 0 Å². The van der Waals surface area contributed by atoms with Crippen molar-refractivity contribution in [3.63, 3.8) is 0 Å². The molecule has 0 atom stereocenters. The number of halogens is 1. The zero-order valence-electron chi connectivity index (χ0n) is 19.6. The van der Waals surface area contributed by atoms with Gasteiger partial charge in [0.15, 0.2) is 0 Å². The number of carbonyl (C=O) groups is 1. The number of nitrogens with zero attached hydrogens (tertiary/aromatic N) is 2. The lowest BCUT2D eigenvalue weighted by atomic mass is 9.95. The maximum Gasteiger partial charge on any atom is 0.261 e. The first kappa shape index (κ1) is 24.7. The summed E-state index contributed by atoms with van der Waals surface area (Å²) >= 11 is 0. The molecule has 1 N–H and O–H groups in total. The Morgan fingerprint density at radius 2 is 1.50 bits per heavy atom. The van der Waals surface area contributed by atoms with Gasteiger partial charge in [0, 0.05) is 25.3 Å². The number of benzene rings is 2. The molecule has 0 saturated carbocycles. The highest BCUT2D eigenvalue weighted by Gasteiger charge is 2.24. The predicted octanol–water partition coefficient (Wildman–Crippen LogP) is 4.28. The van der Waals surface area contributed by atoms with Crippen molar-refractivity contribution < 1.29 is 17.6 Å². The fourth-order valence-electron chi connectivity index (χ4n) is 4.85. The van der Waals surface area contributed by atoms with E-state index in [9.17, 15) is 17.6 Å². The van der Waals surface area contributed by atoms with Crippen LogP contribution in [0.3, 0.4) is 0 Å². The molecule has 2 saturated heterocycles. The van der Waals surface area contributed by atoms with E-state index in [1.54, 1.807) is 24.3 Å². The van der Waals surface area contributed by atoms with E-state index < -0.39 is 15.8 Å². The minimum absolute atomic E-state index is 0.00704. The molecule has 184 valence electrons. The van der Waals surface area contributed by atoms with Gasteiger partial charge in [0.05, 0.1) is 11.3 Å². The van der Waals surface area contributed by atoms with Gasteiger partial charge in [-0.1, -0.05) is 25.0 Å². The van der Waals surface area contributed by atoms with E-state index in [1.807, 2.05) is 4.90 Å². The number of hydrogen-bond acceptors (Lipinski definition) is 4. The zero-order valence-corrected chi connectivity index (χ0v) is 20.4. The van der Waals surface area contributed by atoms with Crippen LogP contribution in [0.4, 0.5) is 10.1 Å². The van der Waals surface area contributed by atoms with Gasteiger partial charge in [-0.25, -0.2) is 12.8 Å². The van der Waals surface area contributed by atoms with Crippen molar-refractivity contribution in [1.82, 2.24) is 9.80 Å². The second-order valence-corrected chi connectivity index (χ2v) is 11.2. The van der Waals surface area contributed by atoms with E-state index in [0.717, 1.165) is 50.2 Å². The van der Waals surface area contributed by atoms with Crippen LogP contribution in [0.1, 0.15) is 44.1 Å². The molecule has 2 aliphatic rings. The van der Waals surface area contributed by atoms with E-state index >= 15 is 0 Å². The summed E-state index contributed by atoms with van der Waals surface area (Å²) in [6.45, 7) is 5.22. The number of nitrogens with one attached hydrogen (secondary N) is 1. The molecular weight excluding hydrogens is 453 g/mol. The van der Waals surface area contributed by atoms with Crippen LogP contribution >= 0.6 is 0 Å². The maximum absolute atomic E-state index is 13.1. The van der Waals surface area contributed by atoms with Crippen LogP contribution in [0, 0.1) is 11.7 Å². The van der Waals surface area contributed by atoms with Crippen molar-refractivity contribution in [3.05, 3.63) is 59.9 Å². The highest BCUT2D eigenvalue weighted by atomic mass is 32.2. The van der Waals surface area contributed by atoms with Crippen LogP contribution in [0.25, 0.3) is 0 Å². The number of carbonyl (C=O) groups excluding carboxylic acids is 1. The molecule has 0 unspecified atom stereocenters. The SMILES string of the molecule is O=C(Cc1ccc(NS(=O)(=O)c2ccc(F)cc2)cc1)N1CCC(CN2CCCCCC2)CC1. The molecule has 0 aliphatic carbocycles. The van der Waals surface area contributed by atoms with Gasteiger partial charge in [-0.15, -0.1) is 0 Å². The smallest absolute Gasteiger partial charge is 0.261 e. The Morgan fingerprint density at radius 1 is 0.882 bits per heavy atom. The van der Waals surface area contributed by atoms with E-state index in [2.05, 4.69) is 9.62 Å². The standard InChI is InChI=1S/C26H34FN3O3S/c27-23-7-11-25(12-8-23)34(32,33)28-24-9-5-21(6-10-24)19-26(31)30-17-13-22(14-18-30)20-29-15-3-1-2-4-16-29/h5-12,22,28H,1-4,13-20H2. The summed E-state index contributed by atoms with van der Waals surface area (Å²) in [6.07, 6.45) is 7.75. The molecule has 0 aromatic heterocycles. The summed E-state index contributed by atoms with van der Waals surface area (Å²) in [5.41, 5.74) is 1.25. The van der Waals surface area contributed by atoms with Gasteiger partial charge in [-0.3, -0.25) is 9.52 Å². The first-order valence-electron chi connectivity index (χ1n) is 12.3. The second-order valence-electron chi connectivity index (χ2n) is 9.47. The summed E-state index contributed by atoms with van der Waals surface area (Å²) in [5.74, 6) is 0.304. The van der Waals surface area contributed by atoms with E-state index in [-0.39, 0.29) is 10.8 Å². The van der Waals surface area contributed by atoms with Crippen molar-refractivity contribution in [1.29, 1.82) is 0 Å². The fraction of sp³-hybridized carbons (Fsp3) is 0.500. The summed E-state index contributed by atoms with van der Waals surface area (Å²) in [5, 5.41) is 0. The average Bonchev–Trinajstić information content (AvgIpc) is 3.09. The normalized spacial score (nSPS) is 18.4. The molecule has 6 nitrogen and oxygen atoms in total. The minimum atomic E-state index is -3.80. The number of sulfonamides is 1. The van der Waals surface area contributed by atoms with Crippen LogP contribution in [0.15, 0.2) is 53.4 Å². The summed E-state index contributed by atoms with van der Waals surface area (Å²) in [6, 6.07) is 11.5. The molecule has 4 rings (SSSR count). The first-order valence-corrected chi connectivity index (χ1v) is 13.7. The molecule has 1 amide bonds. The zero-order chi connectivity index (χ0) is 24.0. The molecule has 2 aromatic carbocycles. The Labute approximate surface area is 202 Å². The lowest BCUT2D eigenvalue weighted by Crippen LogP contribution is -2.42. The van der Waals surface area contributed by atoms with Gasteiger partial charge >= 0.3 is 0 Å². The number of amides is 1. The Kier molecular flexibility index (Phi) is 8.21. The summed E-state index contributed by atoms with van der Waals surface area (Å²) in [4.78, 5) is 17.4. The van der Waals surface area contributed by atoms with E-state index in [4.69, 9.17) is 0 Å². The van der Waals surface area contributed by atoms with Gasteiger partial charge < -0.3 is 9.80 Å². The van der Waals surface area contributed by atoms with Gasteiger partial charge in [-0.05, 0) is 86.7 Å².